The molecule has 0 spiro atoms. The average molecular weight is 421 g/mol. The van der Waals surface area contributed by atoms with Gasteiger partial charge in [0.2, 0.25) is 0 Å². The molecule has 1 aromatic carbocycles. The fraction of sp³-hybridized carbons (Fsp3) is 0.176. The smallest absolute Gasteiger partial charge is 0.279 e. The predicted octanol–water partition coefficient (Wildman–Crippen LogP) is 2.42. The van der Waals surface area contributed by atoms with Crippen LogP contribution in [-0.2, 0) is 16.1 Å². The molecule has 0 fully saturated rings. The third-order valence-electron chi connectivity index (χ3n) is 3.64. The number of aromatic amines is 1. The van der Waals surface area contributed by atoms with Crippen LogP contribution in [-0.4, -0.2) is 32.7 Å². The Bertz CT molecular complexity index is 1030. The maximum Gasteiger partial charge on any atom is 0.279 e. The van der Waals surface area contributed by atoms with Crippen molar-refractivity contribution in [3.05, 3.63) is 52.4 Å². The highest BCUT2D eigenvalue weighted by Crippen LogP contribution is 2.22. The summed E-state index contributed by atoms with van der Waals surface area (Å²) >= 11 is 6.61. The number of thiophene rings is 1. The van der Waals surface area contributed by atoms with Gasteiger partial charge in [-0.15, -0.1) is 11.3 Å². The second-order valence-corrected chi connectivity index (χ2v) is 6.98. The topological polar surface area (TPSA) is 101 Å². The van der Waals surface area contributed by atoms with E-state index < -0.39 is 23.7 Å². The van der Waals surface area contributed by atoms with Crippen molar-refractivity contribution in [3.8, 4) is 16.5 Å². The van der Waals surface area contributed by atoms with E-state index in [1.807, 2.05) is 17.5 Å². The van der Waals surface area contributed by atoms with Crippen molar-refractivity contribution >= 4 is 35.4 Å². The largest absolute Gasteiger partial charge is 0.478 e. The lowest BCUT2D eigenvalue weighted by Gasteiger charge is -2.15. The predicted molar refractivity (Wildman–Crippen MR) is 104 cm³/mol. The van der Waals surface area contributed by atoms with Gasteiger partial charge in [0.05, 0.1) is 4.88 Å². The van der Waals surface area contributed by atoms with E-state index >= 15 is 0 Å². The third-order valence-corrected chi connectivity index (χ3v) is 4.81. The minimum Gasteiger partial charge on any atom is -0.478 e. The Labute approximate surface area is 168 Å². The molecule has 0 radical (unpaired) electrons. The van der Waals surface area contributed by atoms with Crippen molar-refractivity contribution in [1.29, 1.82) is 0 Å². The van der Waals surface area contributed by atoms with Gasteiger partial charge in [0.1, 0.15) is 6.54 Å². The molecule has 1 atom stereocenters. The fourth-order valence-electron chi connectivity index (χ4n) is 2.26. The summed E-state index contributed by atoms with van der Waals surface area (Å²) in [4.78, 5) is 25.1. The summed E-state index contributed by atoms with van der Waals surface area (Å²) in [7, 11) is 0. The maximum atomic E-state index is 13.6. The van der Waals surface area contributed by atoms with Crippen LogP contribution in [0.25, 0.3) is 10.7 Å². The number of carbonyl (C=O) groups is 2. The lowest BCUT2D eigenvalue weighted by atomic mass is 10.3. The summed E-state index contributed by atoms with van der Waals surface area (Å²) in [5, 5.41) is 8.65. The molecule has 0 aliphatic rings. The Balaban J connectivity index is 1.56. The molecule has 0 aliphatic carbocycles. The maximum absolute atomic E-state index is 13.6. The molecule has 146 valence electrons. The van der Waals surface area contributed by atoms with Crippen molar-refractivity contribution in [3.63, 3.8) is 0 Å². The molecular formula is C17H16FN5O3S2. The number of hydrogen-bond acceptors (Lipinski definition) is 6. The minimum absolute atomic E-state index is 0.0539. The number of nitrogens with zero attached hydrogens (tertiary/aromatic N) is 2. The number of hydrogen-bond donors (Lipinski definition) is 3. The van der Waals surface area contributed by atoms with Crippen LogP contribution < -0.4 is 15.6 Å². The van der Waals surface area contributed by atoms with Crippen LogP contribution in [0.15, 0.2) is 41.8 Å². The molecule has 8 nitrogen and oxygen atoms in total. The van der Waals surface area contributed by atoms with Crippen LogP contribution in [0, 0.1) is 10.6 Å². The van der Waals surface area contributed by atoms with Gasteiger partial charge in [-0.3, -0.25) is 30.1 Å². The van der Waals surface area contributed by atoms with Crippen molar-refractivity contribution in [2.45, 2.75) is 19.6 Å². The lowest BCUT2D eigenvalue weighted by Crippen LogP contribution is -2.48. The monoisotopic (exact) mass is 421 g/mol. The number of carbonyl (C=O) groups excluding carboxylic acids is 2. The zero-order valence-electron chi connectivity index (χ0n) is 14.6. The SMILES string of the molecule is C[C@H](Oc1ccccc1F)C(=O)NNC(=O)Cn1c(-c2cccs2)n[nH]c1=S. The average Bonchev–Trinajstić information content (AvgIpc) is 3.32. The molecule has 2 amide bonds. The fourth-order valence-corrected chi connectivity index (χ4v) is 3.18. The Morgan fingerprint density at radius 1 is 1.32 bits per heavy atom. The van der Waals surface area contributed by atoms with Crippen LogP contribution in [0.5, 0.6) is 5.75 Å². The Kier molecular flexibility index (Phi) is 6.16. The molecule has 3 aromatic rings. The second kappa shape index (κ2) is 8.76. The van der Waals surface area contributed by atoms with Gasteiger partial charge in [-0.1, -0.05) is 18.2 Å². The summed E-state index contributed by atoms with van der Waals surface area (Å²) in [6.45, 7) is 1.29. The highest BCUT2D eigenvalue weighted by Gasteiger charge is 2.18. The normalized spacial score (nSPS) is 11.6. The quantitative estimate of drug-likeness (QED) is 0.419. The Hall–Kier alpha value is -3.05. The second-order valence-electron chi connectivity index (χ2n) is 5.64. The molecule has 3 N–H and O–H groups in total. The van der Waals surface area contributed by atoms with E-state index in [-0.39, 0.29) is 17.1 Å². The van der Waals surface area contributed by atoms with Crippen LogP contribution in [0.2, 0.25) is 0 Å². The Morgan fingerprint density at radius 3 is 2.82 bits per heavy atom. The third kappa shape index (κ3) is 4.61. The molecule has 11 heteroatoms. The van der Waals surface area contributed by atoms with Gasteiger partial charge >= 0.3 is 0 Å². The van der Waals surface area contributed by atoms with Gasteiger partial charge in [0.15, 0.2) is 28.3 Å². The standard InChI is InChI=1S/C17H16FN5O3S2/c1-10(26-12-6-3-2-5-11(12)18)16(25)21-19-14(24)9-23-15(20-22-17(23)27)13-7-4-8-28-13/h2-8,10H,9H2,1H3,(H,19,24)(H,21,25)(H,22,27)/t10-/m0/s1. The van der Waals surface area contributed by atoms with Gasteiger partial charge in [-0.05, 0) is 42.7 Å². The Morgan fingerprint density at radius 2 is 2.11 bits per heavy atom. The minimum atomic E-state index is -1.02. The number of amides is 2. The molecule has 0 unspecified atom stereocenters. The van der Waals surface area contributed by atoms with Crippen molar-refractivity contribution in [2.24, 2.45) is 0 Å². The molecule has 0 saturated heterocycles. The molecule has 0 aliphatic heterocycles. The summed E-state index contributed by atoms with van der Waals surface area (Å²) in [5.74, 6) is -1.26. The number of benzene rings is 1. The molecule has 2 heterocycles. The molecule has 3 rings (SSSR count). The number of ether oxygens (including phenoxy) is 1. The van der Waals surface area contributed by atoms with Gasteiger partial charge in [-0.25, -0.2) is 4.39 Å². The molecule has 0 bridgehead atoms. The first-order valence-electron chi connectivity index (χ1n) is 8.14. The van der Waals surface area contributed by atoms with Crippen molar-refractivity contribution < 1.29 is 18.7 Å². The first kappa shape index (κ1) is 19.7. The van der Waals surface area contributed by atoms with E-state index in [0.29, 0.717) is 5.82 Å². The van der Waals surface area contributed by atoms with Crippen molar-refractivity contribution in [1.82, 2.24) is 25.6 Å². The summed E-state index contributed by atoms with van der Waals surface area (Å²) in [6.07, 6.45) is -1.02. The zero-order valence-corrected chi connectivity index (χ0v) is 16.3. The number of rotatable bonds is 6. The highest BCUT2D eigenvalue weighted by atomic mass is 32.1. The number of H-pyrrole nitrogens is 1. The molecular weight excluding hydrogens is 405 g/mol. The van der Waals surface area contributed by atoms with E-state index in [1.54, 1.807) is 6.07 Å². The van der Waals surface area contributed by atoms with E-state index in [0.717, 1.165) is 4.88 Å². The number of halogens is 1. The van der Waals surface area contributed by atoms with E-state index in [2.05, 4.69) is 21.0 Å². The number of para-hydroxylation sites is 1. The van der Waals surface area contributed by atoms with Crippen LogP contribution >= 0.6 is 23.6 Å². The van der Waals surface area contributed by atoms with Crippen LogP contribution in [0.1, 0.15) is 6.92 Å². The number of aromatic nitrogens is 3. The van der Waals surface area contributed by atoms with Crippen LogP contribution in [0.4, 0.5) is 4.39 Å². The van der Waals surface area contributed by atoms with Gasteiger partial charge in [0, 0.05) is 0 Å². The van der Waals surface area contributed by atoms with E-state index in [4.69, 9.17) is 17.0 Å². The summed E-state index contributed by atoms with van der Waals surface area (Å²) in [5.41, 5.74) is 4.53. The number of nitrogens with one attached hydrogen (secondary N) is 3. The van der Waals surface area contributed by atoms with Gasteiger partial charge in [0.25, 0.3) is 11.8 Å². The van der Waals surface area contributed by atoms with Crippen molar-refractivity contribution in [2.75, 3.05) is 0 Å². The first-order chi connectivity index (χ1) is 13.5. The molecule has 28 heavy (non-hydrogen) atoms. The number of hydrazine groups is 1. The van der Waals surface area contributed by atoms with E-state index in [1.165, 1.54) is 41.0 Å². The van der Waals surface area contributed by atoms with E-state index in [9.17, 15) is 14.0 Å². The molecule has 0 saturated carbocycles. The first-order valence-corrected chi connectivity index (χ1v) is 9.43. The molecule has 2 aromatic heterocycles. The van der Waals surface area contributed by atoms with Gasteiger partial charge in [-0.2, -0.15) is 5.10 Å². The lowest BCUT2D eigenvalue weighted by molar-refractivity contribution is -0.133. The summed E-state index contributed by atoms with van der Waals surface area (Å²) < 4.78 is 20.6. The van der Waals surface area contributed by atoms with Crippen LogP contribution in [0.3, 0.4) is 0 Å². The van der Waals surface area contributed by atoms with Gasteiger partial charge < -0.3 is 4.74 Å². The zero-order chi connectivity index (χ0) is 20.1. The highest BCUT2D eigenvalue weighted by molar-refractivity contribution is 7.71. The summed E-state index contributed by atoms with van der Waals surface area (Å²) in [6, 6.07) is 9.45.